The number of aromatic nitrogens is 2. The Bertz CT molecular complexity index is 314. The third-order valence-corrected chi connectivity index (χ3v) is 2.46. The molecular formula is C11H17N3O. The average Bonchev–Trinajstić information content (AvgIpc) is 2.17. The summed E-state index contributed by atoms with van der Waals surface area (Å²) in [6.07, 6.45) is 0.850. The molecule has 2 heterocycles. The van der Waals surface area contributed by atoms with E-state index in [9.17, 15) is 0 Å². The lowest BCUT2D eigenvalue weighted by Crippen LogP contribution is -2.42. The van der Waals surface area contributed by atoms with Crippen LogP contribution in [0.15, 0.2) is 6.07 Å². The molecule has 0 amide bonds. The van der Waals surface area contributed by atoms with E-state index < -0.39 is 0 Å². The van der Waals surface area contributed by atoms with Crippen molar-refractivity contribution in [3.05, 3.63) is 23.3 Å². The fraction of sp³-hybridized carbons (Fsp3) is 0.636. The molecule has 0 spiro atoms. The van der Waals surface area contributed by atoms with Gasteiger partial charge in [0.2, 0.25) is 0 Å². The van der Waals surface area contributed by atoms with Crippen molar-refractivity contribution in [1.82, 2.24) is 15.3 Å². The largest absolute Gasteiger partial charge is 0.379 e. The number of nitrogens with zero attached hydrogens (tertiary/aromatic N) is 2. The minimum absolute atomic E-state index is 0.361. The van der Waals surface area contributed by atoms with E-state index in [4.69, 9.17) is 4.74 Å². The van der Waals surface area contributed by atoms with Gasteiger partial charge in [0.05, 0.1) is 13.2 Å². The maximum atomic E-state index is 5.40. The highest BCUT2D eigenvalue weighted by molar-refractivity contribution is 5.09. The summed E-state index contributed by atoms with van der Waals surface area (Å²) in [5.74, 6) is 0.913. The number of rotatable bonds is 2. The summed E-state index contributed by atoms with van der Waals surface area (Å²) >= 11 is 0. The molecule has 0 saturated carbocycles. The molecule has 82 valence electrons. The van der Waals surface area contributed by atoms with Crippen molar-refractivity contribution in [2.45, 2.75) is 26.3 Å². The van der Waals surface area contributed by atoms with Gasteiger partial charge < -0.3 is 10.1 Å². The first-order chi connectivity index (χ1) is 7.24. The van der Waals surface area contributed by atoms with Gasteiger partial charge in [-0.3, -0.25) is 0 Å². The maximum Gasteiger partial charge on any atom is 0.130 e. The highest BCUT2D eigenvalue weighted by Crippen LogP contribution is 2.04. The zero-order valence-corrected chi connectivity index (χ0v) is 9.29. The molecule has 1 unspecified atom stereocenters. The van der Waals surface area contributed by atoms with Crippen LogP contribution in [0, 0.1) is 13.8 Å². The second kappa shape index (κ2) is 4.68. The molecule has 0 bridgehead atoms. The van der Waals surface area contributed by atoms with Crippen LogP contribution in [-0.4, -0.2) is 35.8 Å². The van der Waals surface area contributed by atoms with Crippen molar-refractivity contribution in [3.8, 4) is 0 Å². The van der Waals surface area contributed by atoms with Crippen molar-refractivity contribution in [1.29, 1.82) is 0 Å². The molecule has 15 heavy (non-hydrogen) atoms. The van der Waals surface area contributed by atoms with Gasteiger partial charge in [0.25, 0.3) is 0 Å². The predicted molar refractivity (Wildman–Crippen MR) is 57.8 cm³/mol. The molecule has 1 aliphatic rings. The first-order valence-corrected chi connectivity index (χ1v) is 5.36. The van der Waals surface area contributed by atoms with Gasteiger partial charge in [-0.1, -0.05) is 0 Å². The summed E-state index contributed by atoms with van der Waals surface area (Å²) in [7, 11) is 0. The number of hydrogen-bond acceptors (Lipinski definition) is 4. The van der Waals surface area contributed by atoms with E-state index in [1.807, 2.05) is 19.9 Å². The van der Waals surface area contributed by atoms with Crippen LogP contribution in [0.3, 0.4) is 0 Å². The van der Waals surface area contributed by atoms with Gasteiger partial charge in [-0.2, -0.15) is 0 Å². The van der Waals surface area contributed by atoms with E-state index in [0.29, 0.717) is 6.04 Å². The molecule has 0 radical (unpaired) electrons. The molecule has 0 aliphatic carbocycles. The normalized spacial score (nSPS) is 21.6. The van der Waals surface area contributed by atoms with Crippen molar-refractivity contribution in [2.24, 2.45) is 0 Å². The fourth-order valence-corrected chi connectivity index (χ4v) is 1.86. The van der Waals surface area contributed by atoms with Gasteiger partial charge in [-0.25, -0.2) is 9.97 Å². The molecule has 1 N–H and O–H groups in total. The lowest BCUT2D eigenvalue weighted by molar-refractivity contribution is 0.0763. The third-order valence-electron chi connectivity index (χ3n) is 2.46. The lowest BCUT2D eigenvalue weighted by atomic mass is 10.2. The second-order valence-electron chi connectivity index (χ2n) is 4.00. The van der Waals surface area contributed by atoms with Crippen LogP contribution >= 0.6 is 0 Å². The summed E-state index contributed by atoms with van der Waals surface area (Å²) in [5, 5.41) is 3.40. The van der Waals surface area contributed by atoms with Crippen LogP contribution < -0.4 is 5.32 Å². The standard InChI is InChI=1S/C11H17N3O/c1-8-5-9(2)14-11(13-8)6-10-7-15-4-3-12-10/h5,10,12H,3-4,6-7H2,1-2H3. The smallest absolute Gasteiger partial charge is 0.130 e. The highest BCUT2D eigenvalue weighted by Gasteiger charge is 2.15. The van der Waals surface area contributed by atoms with Crippen molar-refractivity contribution < 1.29 is 4.74 Å². The molecule has 4 heteroatoms. The molecule has 1 aromatic rings. The molecule has 4 nitrogen and oxygen atoms in total. The lowest BCUT2D eigenvalue weighted by Gasteiger charge is -2.23. The summed E-state index contributed by atoms with van der Waals surface area (Å²) in [6.45, 7) is 6.50. The molecule has 1 aliphatic heterocycles. The van der Waals surface area contributed by atoms with Gasteiger partial charge >= 0.3 is 0 Å². The van der Waals surface area contributed by atoms with E-state index in [1.165, 1.54) is 0 Å². The number of aryl methyl sites for hydroxylation is 2. The number of ether oxygens (including phenoxy) is 1. The van der Waals surface area contributed by atoms with Gasteiger partial charge in [0, 0.05) is 30.4 Å². The number of hydrogen-bond donors (Lipinski definition) is 1. The Labute approximate surface area is 90.1 Å². The van der Waals surface area contributed by atoms with Gasteiger partial charge in [-0.05, 0) is 19.9 Å². The van der Waals surface area contributed by atoms with Crippen molar-refractivity contribution in [3.63, 3.8) is 0 Å². The van der Waals surface area contributed by atoms with E-state index in [0.717, 1.165) is 43.4 Å². The molecule has 1 fully saturated rings. The van der Waals surface area contributed by atoms with Crippen molar-refractivity contribution in [2.75, 3.05) is 19.8 Å². The molecule has 1 atom stereocenters. The van der Waals surface area contributed by atoms with Gasteiger partial charge in [-0.15, -0.1) is 0 Å². The van der Waals surface area contributed by atoms with E-state index in [1.54, 1.807) is 0 Å². The van der Waals surface area contributed by atoms with Gasteiger partial charge in [0.15, 0.2) is 0 Å². The zero-order valence-electron chi connectivity index (χ0n) is 9.29. The van der Waals surface area contributed by atoms with Crippen LogP contribution in [0.4, 0.5) is 0 Å². The van der Waals surface area contributed by atoms with Crippen LogP contribution in [-0.2, 0) is 11.2 Å². The van der Waals surface area contributed by atoms with E-state index in [2.05, 4.69) is 15.3 Å². The van der Waals surface area contributed by atoms with Crippen LogP contribution in [0.5, 0.6) is 0 Å². The minimum atomic E-state index is 0.361. The second-order valence-corrected chi connectivity index (χ2v) is 4.00. The fourth-order valence-electron chi connectivity index (χ4n) is 1.86. The average molecular weight is 207 g/mol. The Kier molecular flexibility index (Phi) is 3.28. The Hall–Kier alpha value is -1.00. The highest BCUT2D eigenvalue weighted by atomic mass is 16.5. The predicted octanol–water partition coefficient (Wildman–Crippen LogP) is 0.624. The van der Waals surface area contributed by atoms with Crippen LogP contribution in [0.1, 0.15) is 17.2 Å². The molecular weight excluding hydrogens is 190 g/mol. The Morgan fingerprint density at radius 1 is 1.40 bits per heavy atom. The monoisotopic (exact) mass is 207 g/mol. The molecule has 2 rings (SSSR count). The Morgan fingerprint density at radius 2 is 2.13 bits per heavy atom. The quantitative estimate of drug-likeness (QED) is 0.772. The first kappa shape index (κ1) is 10.5. The Balaban J connectivity index is 2.02. The van der Waals surface area contributed by atoms with E-state index in [-0.39, 0.29) is 0 Å². The number of nitrogens with one attached hydrogen (secondary N) is 1. The number of morpholine rings is 1. The van der Waals surface area contributed by atoms with Crippen molar-refractivity contribution >= 4 is 0 Å². The summed E-state index contributed by atoms with van der Waals surface area (Å²) < 4.78 is 5.40. The molecule has 1 aromatic heterocycles. The minimum Gasteiger partial charge on any atom is -0.379 e. The Morgan fingerprint density at radius 3 is 2.73 bits per heavy atom. The summed E-state index contributed by atoms with van der Waals surface area (Å²) in [5.41, 5.74) is 2.07. The molecule has 0 aromatic carbocycles. The third kappa shape index (κ3) is 2.97. The SMILES string of the molecule is Cc1cc(C)nc(CC2COCCN2)n1. The maximum absolute atomic E-state index is 5.40. The van der Waals surface area contributed by atoms with E-state index >= 15 is 0 Å². The first-order valence-electron chi connectivity index (χ1n) is 5.36. The summed E-state index contributed by atoms with van der Waals surface area (Å²) in [4.78, 5) is 8.84. The summed E-state index contributed by atoms with van der Waals surface area (Å²) in [6, 6.07) is 2.36. The topological polar surface area (TPSA) is 47.0 Å². The molecule has 1 saturated heterocycles. The van der Waals surface area contributed by atoms with Crippen LogP contribution in [0.2, 0.25) is 0 Å². The van der Waals surface area contributed by atoms with Crippen LogP contribution in [0.25, 0.3) is 0 Å². The van der Waals surface area contributed by atoms with Gasteiger partial charge in [0.1, 0.15) is 5.82 Å². The zero-order chi connectivity index (χ0) is 10.7.